The second kappa shape index (κ2) is 9.70. The Hall–Kier alpha value is -4.26. The van der Waals surface area contributed by atoms with E-state index in [2.05, 4.69) is 0 Å². The van der Waals surface area contributed by atoms with Gasteiger partial charge in [-0.2, -0.15) is 0 Å². The smallest absolute Gasteiger partial charge is 0.343 e. The highest BCUT2D eigenvalue weighted by atomic mass is 16.5. The van der Waals surface area contributed by atoms with Crippen LogP contribution < -0.4 is 23.7 Å². The lowest BCUT2D eigenvalue weighted by molar-refractivity contribution is 0.0732. The van der Waals surface area contributed by atoms with Crippen molar-refractivity contribution in [3.05, 3.63) is 82.6 Å². The number of carbonyl (C=O) groups excluding carboxylic acids is 2. The van der Waals surface area contributed by atoms with Crippen LogP contribution in [-0.2, 0) is 0 Å². The molecule has 0 saturated heterocycles. The number of ketones is 1. The molecule has 7 nitrogen and oxygen atoms in total. The minimum Gasteiger partial charge on any atom is -0.494 e. The maximum atomic E-state index is 12.9. The second-order valence-corrected chi connectivity index (χ2v) is 7.47. The molecule has 0 bridgehead atoms. The fourth-order valence-corrected chi connectivity index (χ4v) is 3.58. The Labute approximate surface area is 197 Å². The Morgan fingerprint density at radius 1 is 0.941 bits per heavy atom. The molecule has 7 heteroatoms. The van der Waals surface area contributed by atoms with E-state index in [-0.39, 0.29) is 11.5 Å². The minimum absolute atomic E-state index is 0.200. The number of benzene rings is 3. The molecule has 1 heterocycles. The zero-order valence-electron chi connectivity index (χ0n) is 19.3. The largest absolute Gasteiger partial charge is 0.494 e. The van der Waals surface area contributed by atoms with Gasteiger partial charge in [0.1, 0.15) is 17.2 Å². The number of allylic oxidation sites excluding steroid dienone is 1. The molecule has 4 rings (SSSR count). The molecule has 0 unspecified atom stereocenters. The molecule has 0 aliphatic carbocycles. The molecule has 0 fully saturated rings. The summed E-state index contributed by atoms with van der Waals surface area (Å²) in [5.74, 6) is 1.75. The van der Waals surface area contributed by atoms with Crippen LogP contribution in [0.3, 0.4) is 0 Å². The third kappa shape index (κ3) is 4.45. The maximum Gasteiger partial charge on any atom is 0.343 e. The molecule has 0 saturated carbocycles. The number of hydrogen-bond donors (Lipinski definition) is 0. The molecule has 3 aromatic rings. The third-order valence-corrected chi connectivity index (χ3v) is 5.35. The highest BCUT2D eigenvalue weighted by molar-refractivity contribution is 6.15. The zero-order valence-corrected chi connectivity index (χ0v) is 19.3. The lowest BCUT2D eigenvalue weighted by Crippen LogP contribution is -2.10. The van der Waals surface area contributed by atoms with Crippen LogP contribution in [0.2, 0.25) is 0 Å². The average Bonchev–Trinajstić information content (AvgIpc) is 3.17. The minimum atomic E-state index is -0.571. The van der Waals surface area contributed by atoms with E-state index in [0.717, 1.165) is 11.3 Å². The van der Waals surface area contributed by atoms with Gasteiger partial charge in [-0.1, -0.05) is 12.1 Å². The van der Waals surface area contributed by atoms with E-state index in [0.29, 0.717) is 46.3 Å². The van der Waals surface area contributed by atoms with E-state index in [1.807, 2.05) is 31.2 Å². The van der Waals surface area contributed by atoms with Crippen molar-refractivity contribution in [1.29, 1.82) is 0 Å². The van der Waals surface area contributed by atoms with Crippen molar-refractivity contribution in [2.24, 2.45) is 0 Å². The fraction of sp³-hybridized carbons (Fsp3) is 0.185. The van der Waals surface area contributed by atoms with Crippen LogP contribution in [0, 0.1) is 6.92 Å². The molecule has 0 N–H and O–H groups in total. The Balaban J connectivity index is 1.55. The van der Waals surface area contributed by atoms with Crippen molar-refractivity contribution in [3.63, 3.8) is 0 Å². The van der Waals surface area contributed by atoms with E-state index in [4.69, 9.17) is 23.7 Å². The Bertz CT molecular complexity index is 1270. The molecular weight excluding hydrogens is 436 g/mol. The first kappa shape index (κ1) is 22.9. The quantitative estimate of drug-likeness (QED) is 0.271. The Morgan fingerprint density at radius 3 is 2.32 bits per heavy atom. The summed E-state index contributed by atoms with van der Waals surface area (Å²) in [4.78, 5) is 25.6. The van der Waals surface area contributed by atoms with Crippen molar-refractivity contribution in [3.8, 4) is 28.7 Å². The van der Waals surface area contributed by atoms with Gasteiger partial charge < -0.3 is 23.7 Å². The standard InChI is InChI=1S/C27H24O7/c1-5-32-19-9-6-17(7-10-19)14-24-25(28)20-11-13-21(16(2)26(20)33-24)34-27(29)18-8-12-22(30-3)23(15-18)31-4/h6-15H,5H2,1-4H3/b24-14-. The van der Waals surface area contributed by atoms with Crippen LogP contribution >= 0.6 is 0 Å². The van der Waals surface area contributed by atoms with E-state index in [9.17, 15) is 9.59 Å². The molecule has 0 atom stereocenters. The van der Waals surface area contributed by atoms with Gasteiger partial charge in [0.15, 0.2) is 17.3 Å². The highest BCUT2D eigenvalue weighted by Crippen LogP contribution is 2.39. The summed E-state index contributed by atoms with van der Waals surface area (Å²) >= 11 is 0. The van der Waals surface area contributed by atoms with Crippen molar-refractivity contribution in [1.82, 2.24) is 0 Å². The van der Waals surface area contributed by atoms with Gasteiger partial charge in [0.05, 0.1) is 32.0 Å². The van der Waals surface area contributed by atoms with Crippen LogP contribution in [0.4, 0.5) is 0 Å². The van der Waals surface area contributed by atoms with Crippen molar-refractivity contribution < 1.29 is 33.3 Å². The number of carbonyl (C=O) groups is 2. The number of ether oxygens (including phenoxy) is 5. The molecule has 1 aliphatic rings. The SMILES string of the molecule is CCOc1ccc(/C=C2\Oc3c(ccc(OC(=O)c4ccc(OC)c(OC)c4)c3C)C2=O)cc1. The number of esters is 1. The van der Waals surface area contributed by atoms with Gasteiger partial charge >= 0.3 is 5.97 Å². The predicted molar refractivity (Wildman–Crippen MR) is 126 cm³/mol. The lowest BCUT2D eigenvalue weighted by Gasteiger charge is -2.12. The molecule has 0 spiro atoms. The monoisotopic (exact) mass is 460 g/mol. The number of Topliss-reactive ketones (excluding diaryl/α,β-unsaturated/α-hetero) is 1. The lowest BCUT2D eigenvalue weighted by atomic mass is 10.1. The Morgan fingerprint density at radius 2 is 1.65 bits per heavy atom. The normalized spacial score (nSPS) is 13.3. The summed E-state index contributed by atoms with van der Waals surface area (Å²) in [6.45, 7) is 4.23. The van der Waals surface area contributed by atoms with Gasteiger partial charge in [0.2, 0.25) is 5.78 Å². The van der Waals surface area contributed by atoms with E-state index >= 15 is 0 Å². The van der Waals surface area contributed by atoms with Gasteiger partial charge in [0.25, 0.3) is 0 Å². The summed E-state index contributed by atoms with van der Waals surface area (Å²) in [5.41, 5.74) is 2.07. The van der Waals surface area contributed by atoms with Crippen LogP contribution in [0.1, 0.15) is 38.8 Å². The topological polar surface area (TPSA) is 80.3 Å². The van der Waals surface area contributed by atoms with Crippen LogP contribution in [-0.4, -0.2) is 32.6 Å². The van der Waals surface area contributed by atoms with Crippen LogP contribution in [0.5, 0.6) is 28.7 Å². The fourth-order valence-electron chi connectivity index (χ4n) is 3.58. The summed E-state index contributed by atoms with van der Waals surface area (Å²) < 4.78 is 27.4. The van der Waals surface area contributed by atoms with Crippen molar-refractivity contribution >= 4 is 17.8 Å². The molecule has 1 aliphatic heterocycles. The third-order valence-electron chi connectivity index (χ3n) is 5.35. The first-order valence-corrected chi connectivity index (χ1v) is 10.7. The molecule has 0 radical (unpaired) electrons. The van der Waals surface area contributed by atoms with E-state index < -0.39 is 5.97 Å². The molecule has 0 aromatic heterocycles. The molecule has 0 amide bonds. The van der Waals surface area contributed by atoms with Crippen LogP contribution in [0.15, 0.2) is 60.4 Å². The molecule has 3 aromatic carbocycles. The van der Waals surface area contributed by atoms with Crippen LogP contribution in [0.25, 0.3) is 6.08 Å². The second-order valence-electron chi connectivity index (χ2n) is 7.47. The highest BCUT2D eigenvalue weighted by Gasteiger charge is 2.30. The van der Waals surface area contributed by atoms with Gasteiger partial charge in [-0.05, 0) is 68.0 Å². The van der Waals surface area contributed by atoms with Gasteiger partial charge in [-0.25, -0.2) is 4.79 Å². The average molecular weight is 460 g/mol. The first-order chi connectivity index (χ1) is 16.4. The number of rotatable bonds is 7. The van der Waals surface area contributed by atoms with Gasteiger partial charge in [0, 0.05) is 5.56 Å². The van der Waals surface area contributed by atoms with E-state index in [1.165, 1.54) is 14.2 Å². The van der Waals surface area contributed by atoms with Gasteiger partial charge in [-0.15, -0.1) is 0 Å². The summed E-state index contributed by atoms with van der Waals surface area (Å²) in [7, 11) is 3.01. The first-order valence-electron chi connectivity index (χ1n) is 10.7. The molecule has 174 valence electrons. The summed E-state index contributed by atoms with van der Waals surface area (Å²) in [6.07, 6.45) is 1.67. The molecular formula is C27H24O7. The number of methoxy groups -OCH3 is 2. The molecule has 34 heavy (non-hydrogen) atoms. The number of fused-ring (bicyclic) bond motifs is 1. The maximum absolute atomic E-state index is 12.9. The predicted octanol–water partition coefficient (Wildman–Crippen LogP) is 5.25. The summed E-state index contributed by atoms with van der Waals surface area (Å²) in [6, 6.07) is 15.3. The van der Waals surface area contributed by atoms with Crippen molar-refractivity contribution in [2.75, 3.05) is 20.8 Å². The van der Waals surface area contributed by atoms with Gasteiger partial charge in [-0.3, -0.25) is 4.79 Å². The van der Waals surface area contributed by atoms with Crippen molar-refractivity contribution in [2.45, 2.75) is 13.8 Å². The zero-order chi connectivity index (χ0) is 24.2. The number of hydrogen-bond acceptors (Lipinski definition) is 7. The summed E-state index contributed by atoms with van der Waals surface area (Å²) in [5, 5.41) is 0. The Kier molecular flexibility index (Phi) is 6.54. The van der Waals surface area contributed by atoms with E-state index in [1.54, 1.807) is 43.3 Å².